The molecule has 8 heteroatoms. The first kappa shape index (κ1) is 21.4. The van der Waals surface area contributed by atoms with Crippen molar-refractivity contribution in [2.45, 2.75) is 11.4 Å². The fourth-order valence-electron chi connectivity index (χ4n) is 3.24. The average Bonchev–Trinajstić information content (AvgIpc) is 3.23. The van der Waals surface area contributed by atoms with E-state index in [1.807, 2.05) is 48.7 Å². The highest BCUT2D eigenvalue weighted by atomic mass is 79.9. The third-order valence-corrected chi connectivity index (χ3v) is 6.58. The third-order valence-electron chi connectivity index (χ3n) is 4.71. The van der Waals surface area contributed by atoms with E-state index in [0.717, 1.165) is 22.2 Å². The summed E-state index contributed by atoms with van der Waals surface area (Å²) >= 11 is 3.31. The number of aromatic nitrogens is 1. The zero-order valence-corrected chi connectivity index (χ0v) is 19.0. The number of anilines is 1. The minimum atomic E-state index is -3.65. The predicted molar refractivity (Wildman–Crippen MR) is 127 cm³/mol. The number of ether oxygens (including phenoxy) is 1. The van der Waals surface area contributed by atoms with Crippen LogP contribution in [0, 0.1) is 0 Å². The van der Waals surface area contributed by atoms with E-state index < -0.39 is 10.0 Å². The molecule has 0 aliphatic rings. The molecule has 0 atom stereocenters. The molecule has 3 aromatic carbocycles. The molecule has 3 N–H and O–H groups in total. The maximum absolute atomic E-state index is 12.6. The van der Waals surface area contributed by atoms with E-state index in [1.165, 1.54) is 0 Å². The molecule has 0 amide bonds. The van der Waals surface area contributed by atoms with Crippen LogP contribution in [0.5, 0.6) is 5.75 Å². The molecule has 31 heavy (non-hydrogen) atoms. The largest absolute Gasteiger partial charge is 0.492 e. The molecule has 6 nitrogen and oxygen atoms in total. The van der Waals surface area contributed by atoms with Crippen LogP contribution >= 0.6 is 15.9 Å². The molecule has 0 spiro atoms. The summed E-state index contributed by atoms with van der Waals surface area (Å²) < 4.78 is 34.4. The number of benzene rings is 3. The predicted octanol–water partition coefficient (Wildman–Crippen LogP) is 4.90. The van der Waals surface area contributed by atoms with Crippen molar-refractivity contribution >= 4 is 42.5 Å². The summed E-state index contributed by atoms with van der Waals surface area (Å²) in [6, 6.07) is 21.9. The average molecular weight is 500 g/mol. The van der Waals surface area contributed by atoms with Crippen molar-refractivity contribution in [1.82, 2.24) is 10.3 Å². The van der Waals surface area contributed by atoms with E-state index in [4.69, 9.17) is 4.74 Å². The van der Waals surface area contributed by atoms with Gasteiger partial charge in [0.1, 0.15) is 12.4 Å². The Morgan fingerprint density at radius 3 is 2.68 bits per heavy atom. The number of hydrogen-bond donors (Lipinski definition) is 3. The monoisotopic (exact) mass is 499 g/mol. The lowest BCUT2D eigenvalue weighted by Gasteiger charge is -2.11. The quantitative estimate of drug-likeness (QED) is 0.286. The number of halogens is 1. The van der Waals surface area contributed by atoms with Crippen LogP contribution in [-0.2, 0) is 16.6 Å². The van der Waals surface area contributed by atoms with Gasteiger partial charge in [-0.05, 0) is 54.1 Å². The first-order valence-corrected chi connectivity index (χ1v) is 12.1. The molecule has 0 aliphatic carbocycles. The Balaban J connectivity index is 1.30. The van der Waals surface area contributed by atoms with Gasteiger partial charge in [0.25, 0.3) is 10.0 Å². The van der Waals surface area contributed by atoms with E-state index in [1.54, 1.807) is 30.3 Å². The van der Waals surface area contributed by atoms with Crippen molar-refractivity contribution in [3.63, 3.8) is 0 Å². The topological polar surface area (TPSA) is 83.2 Å². The van der Waals surface area contributed by atoms with Crippen LogP contribution in [0.15, 0.2) is 88.4 Å². The van der Waals surface area contributed by atoms with Crippen LogP contribution in [0.2, 0.25) is 0 Å². The van der Waals surface area contributed by atoms with Crippen LogP contribution in [0.25, 0.3) is 10.9 Å². The molecular weight excluding hydrogens is 478 g/mol. The van der Waals surface area contributed by atoms with E-state index in [0.29, 0.717) is 29.9 Å². The second-order valence-corrected chi connectivity index (χ2v) is 9.58. The summed E-state index contributed by atoms with van der Waals surface area (Å²) in [7, 11) is -3.65. The zero-order valence-electron chi connectivity index (χ0n) is 16.6. The van der Waals surface area contributed by atoms with Gasteiger partial charge in [-0.25, -0.2) is 8.42 Å². The molecule has 0 saturated heterocycles. The third kappa shape index (κ3) is 5.46. The summed E-state index contributed by atoms with van der Waals surface area (Å²) in [6.45, 7) is 1.79. The van der Waals surface area contributed by atoms with E-state index in [-0.39, 0.29) is 4.90 Å². The van der Waals surface area contributed by atoms with Crippen LogP contribution in [-0.4, -0.2) is 26.6 Å². The van der Waals surface area contributed by atoms with E-state index in [9.17, 15) is 8.42 Å². The maximum atomic E-state index is 12.6. The number of sulfonamides is 1. The van der Waals surface area contributed by atoms with Gasteiger partial charge < -0.3 is 15.0 Å². The minimum Gasteiger partial charge on any atom is -0.492 e. The van der Waals surface area contributed by atoms with E-state index in [2.05, 4.69) is 31.0 Å². The van der Waals surface area contributed by atoms with Crippen LogP contribution < -0.4 is 14.8 Å². The first-order chi connectivity index (χ1) is 15.0. The van der Waals surface area contributed by atoms with Crippen molar-refractivity contribution in [3.8, 4) is 5.75 Å². The van der Waals surface area contributed by atoms with Gasteiger partial charge >= 0.3 is 0 Å². The second kappa shape index (κ2) is 9.55. The number of aromatic amines is 1. The molecule has 0 bridgehead atoms. The molecule has 4 aromatic rings. The highest BCUT2D eigenvalue weighted by Gasteiger charge is 2.14. The normalized spacial score (nSPS) is 11.5. The van der Waals surface area contributed by atoms with Gasteiger partial charge in [-0.2, -0.15) is 0 Å². The summed E-state index contributed by atoms with van der Waals surface area (Å²) in [5.41, 5.74) is 2.55. The fraction of sp³-hybridized carbons (Fsp3) is 0.130. The van der Waals surface area contributed by atoms with Gasteiger partial charge in [0.05, 0.1) is 4.90 Å². The van der Waals surface area contributed by atoms with Gasteiger partial charge in [0.2, 0.25) is 0 Å². The molecule has 0 saturated carbocycles. The molecule has 160 valence electrons. The Hall–Kier alpha value is -2.81. The Kier molecular flexibility index (Phi) is 6.60. The standard InChI is InChI=1S/C23H22BrN3O3S/c24-18-5-2-7-20(15-18)31(28,29)27-19-6-1-4-17(14-19)16-25-12-13-30-23-9-3-8-22-21(23)10-11-26-22/h1-11,14-15,25-27H,12-13,16H2. The fourth-order valence-corrected chi connectivity index (χ4v) is 4.89. The first-order valence-electron chi connectivity index (χ1n) is 9.78. The van der Waals surface area contributed by atoms with Gasteiger partial charge in [-0.15, -0.1) is 0 Å². The van der Waals surface area contributed by atoms with Crippen molar-refractivity contribution in [2.24, 2.45) is 0 Å². The second-order valence-electron chi connectivity index (χ2n) is 6.98. The lowest BCUT2D eigenvalue weighted by atomic mass is 10.2. The summed E-state index contributed by atoms with van der Waals surface area (Å²) in [5.74, 6) is 0.851. The molecule has 0 unspecified atom stereocenters. The van der Waals surface area contributed by atoms with Gasteiger partial charge in [0.15, 0.2) is 0 Å². The van der Waals surface area contributed by atoms with Crippen molar-refractivity contribution in [3.05, 3.63) is 89.0 Å². The van der Waals surface area contributed by atoms with Crippen LogP contribution in [0.3, 0.4) is 0 Å². The van der Waals surface area contributed by atoms with Crippen molar-refractivity contribution in [2.75, 3.05) is 17.9 Å². The Morgan fingerprint density at radius 1 is 0.968 bits per heavy atom. The number of nitrogens with one attached hydrogen (secondary N) is 3. The van der Waals surface area contributed by atoms with Crippen LogP contribution in [0.1, 0.15) is 5.56 Å². The molecule has 4 rings (SSSR count). The van der Waals surface area contributed by atoms with Crippen LogP contribution in [0.4, 0.5) is 5.69 Å². The molecule has 0 aliphatic heterocycles. The van der Waals surface area contributed by atoms with Gasteiger partial charge in [0, 0.05) is 40.3 Å². The lowest BCUT2D eigenvalue weighted by Crippen LogP contribution is -2.20. The molecular formula is C23H22BrN3O3S. The summed E-state index contributed by atoms with van der Waals surface area (Å²) in [6.07, 6.45) is 1.90. The Bertz CT molecular complexity index is 1290. The minimum absolute atomic E-state index is 0.208. The molecule has 0 radical (unpaired) electrons. The molecule has 1 aromatic heterocycles. The highest BCUT2D eigenvalue weighted by molar-refractivity contribution is 9.10. The van der Waals surface area contributed by atoms with E-state index >= 15 is 0 Å². The number of fused-ring (bicyclic) bond motifs is 1. The number of hydrogen-bond acceptors (Lipinski definition) is 4. The summed E-state index contributed by atoms with van der Waals surface area (Å²) in [5, 5.41) is 4.39. The smallest absolute Gasteiger partial charge is 0.261 e. The Labute approximate surface area is 189 Å². The summed E-state index contributed by atoms with van der Waals surface area (Å²) in [4.78, 5) is 3.38. The molecule has 1 heterocycles. The van der Waals surface area contributed by atoms with Crippen molar-refractivity contribution < 1.29 is 13.2 Å². The maximum Gasteiger partial charge on any atom is 0.261 e. The van der Waals surface area contributed by atoms with Gasteiger partial charge in [-0.3, -0.25) is 4.72 Å². The van der Waals surface area contributed by atoms with Gasteiger partial charge in [-0.1, -0.05) is 40.2 Å². The highest BCUT2D eigenvalue weighted by Crippen LogP contribution is 2.24. The Morgan fingerprint density at radius 2 is 1.81 bits per heavy atom. The van der Waals surface area contributed by atoms with Crippen molar-refractivity contribution in [1.29, 1.82) is 0 Å². The number of H-pyrrole nitrogens is 1. The SMILES string of the molecule is O=S(=O)(Nc1cccc(CNCCOc2cccc3[nH]ccc23)c1)c1cccc(Br)c1. The zero-order chi connectivity index (χ0) is 21.7. The molecule has 0 fully saturated rings. The lowest BCUT2D eigenvalue weighted by molar-refractivity contribution is 0.317. The number of rotatable bonds is 9.